The van der Waals surface area contributed by atoms with Crippen LogP contribution in [0.3, 0.4) is 0 Å². The molecule has 5 heteroatoms. The Kier molecular flexibility index (Phi) is 4.89. The molecule has 0 aromatic carbocycles. The number of aryl methyl sites for hydroxylation is 1. The molecule has 0 spiro atoms. The molecule has 4 nitrogen and oxygen atoms in total. The third-order valence-corrected chi connectivity index (χ3v) is 4.79. The van der Waals surface area contributed by atoms with Gasteiger partial charge in [0.05, 0.1) is 11.0 Å². The Morgan fingerprint density at radius 1 is 1.44 bits per heavy atom. The lowest BCUT2D eigenvalue weighted by Crippen LogP contribution is -2.25. The third-order valence-electron chi connectivity index (χ3n) is 2.56. The SMILES string of the molecule is CC(CCN)S(=O)(=O)CCc1ccccn1. The molecule has 1 rings (SSSR count). The van der Waals surface area contributed by atoms with Gasteiger partial charge < -0.3 is 5.73 Å². The van der Waals surface area contributed by atoms with Crippen molar-refractivity contribution in [3.05, 3.63) is 30.1 Å². The summed E-state index contributed by atoms with van der Waals surface area (Å²) in [4.78, 5) is 4.10. The monoisotopic (exact) mass is 242 g/mol. The summed E-state index contributed by atoms with van der Waals surface area (Å²) in [6.07, 6.45) is 2.66. The number of hydrogen-bond donors (Lipinski definition) is 1. The second-order valence-corrected chi connectivity index (χ2v) is 6.36. The van der Waals surface area contributed by atoms with E-state index >= 15 is 0 Å². The number of nitrogens with zero attached hydrogens (tertiary/aromatic N) is 1. The van der Waals surface area contributed by atoms with Crippen molar-refractivity contribution in [3.63, 3.8) is 0 Å². The predicted molar refractivity (Wildman–Crippen MR) is 64.9 cm³/mol. The van der Waals surface area contributed by atoms with Crippen molar-refractivity contribution in [1.82, 2.24) is 4.98 Å². The van der Waals surface area contributed by atoms with Crippen molar-refractivity contribution in [2.45, 2.75) is 25.0 Å². The van der Waals surface area contributed by atoms with Gasteiger partial charge in [0.2, 0.25) is 0 Å². The van der Waals surface area contributed by atoms with Crippen LogP contribution in [0.5, 0.6) is 0 Å². The highest BCUT2D eigenvalue weighted by atomic mass is 32.2. The number of hydrogen-bond acceptors (Lipinski definition) is 4. The van der Waals surface area contributed by atoms with Crippen LogP contribution in [0.15, 0.2) is 24.4 Å². The van der Waals surface area contributed by atoms with Crippen LogP contribution < -0.4 is 5.73 Å². The number of rotatable bonds is 6. The molecule has 0 fully saturated rings. The lowest BCUT2D eigenvalue weighted by Gasteiger charge is -2.11. The standard InChI is InChI=1S/C11H18N2O2S/c1-10(5-7-12)16(14,15)9-6-11-4-2-3-8-13-11/h2-4,8,10H,5-7,9,12H2,1H3. The van der Waals surface area contributed by atoms with Gasteiger partial charge in [-0.25, -0.2) is 8.42 Å². The highest BCUT2D eigenvalue weighted by Gasteiger charge is 2.19. The molecule has 0 aliphatic rings. The fourth-order valence-corrected chi connectivity index (χ4v) is 2.80. The molecule has 0 bridgehead atoms. The second-order valence-electron chi connectivity index (χ2n) is 3.83. The molecule has 1 aromatic rings. The summed E-state index contributed by atoms with van der Waals surface area (Å²) >= 11 is 0. The molecule has 90 valence electrons. The van der Waals surface area contributed by atoms with Crippen molar-refractivity contribution in [2.24, 2.45) is 5.73 Å². The molecule has 0 saturated heterocycles. The van der Waals surface area contributed by atoms with Gasteiger partial charge in [0.15, 0.2) is 9.84 Å². The third kappa shape index (κ3) is 3.90. The highest BCUT2D eigenvalue weighted by molar-refractivity contribution is 7.92. The number of nitrogens with two attached hydrogens (primary N) is 1. The van der Waals surface area contributed by atoms with Crippen LogP contribution in [0, 0.1) is 0 Å². The Hall–Kier alpha value is -0.940. The smallest absolute Gasteiger partial charge is 0.153 e. The van der Waals surface area contributed by atoms with Crippen LogP contribution in [0.2, 0.25) is 0 Å². The first-order chi connectivity index (χ1) is 7.56. The minimum absolute atomic E-state index is 0.144. The number of sulfone groups is 1. The summed E-state index contributed by atoms with van der Waals surface area (Å²) in [5.74, 6) is 0.144. The Labute approximate surface area is 96.8 Å². The van der Waals surface area contributed by atoms with Gasteiger partial charge in [-0.1, -0.05) is 6.07 Å². The minimum atomic E-state index is -3.04. The van der Waals surface area contributed by atoms with Crippen LogP contribution in [-0.4, -0.2) is 30.9 Å². The van der Waals surface area contributed by atoms with E-state index in [1.54, 1.807) is 13.1 Å². The lowest BCUT2D eigenvalue weighted by atomic mass is 10.3. The molecule has 16 heavy (non-hydrogen) atoms. The normalized spacial score (nSPS) is 13.6. The van der Waals surface area contributed by atoms with Crippen molar-refractivity contribution >= 4 is 9.84 Å². The zero-order chi connectivity index (χ0) is 12.0. The molecule has 1 heterocycles. The van der Waals surface area contributed by atoms with E-state index in [1.165, 1.54) is 0 Å². The summed E-state index contributed by atoms with van der Waals surface area (Å²) in [7, 11) is -3.04. The minimum Gasteiger partial charge on any atom is -0.330 e. The zero-order valence-electron chi connectivity index (χ0n) is 9.46. The summed E-state index contributed by atoms with van der Waals surface area (Å²) < 4.78 is 23.6. The van der Waals surface area contributed by atoms with Gasteiger partial charge in [-0.05, 0) is 32.0 Å². The van der Waals surface area contributed by atoms with Gasteiger partial charge in [-0.15, -0.1) is 0 Å². The maximum atomic E-state index is 11.8. The molecular formula is C11H18N2O2S. The Bertz CT molecular complexity index is 403. The van der Waals surface area contributed by atoms with Crippen molar-refractivity contribution in [3.8, 4) is 0 Å². The Morgan fingerprint density at radius 3 is 2.75 bits per heavy atom. The number of pyridine rings is 1. The van der Waals surface area contributed by atoms with E-state index in [1.807, 2.05) is 18.2 Å². The van der Waals surface area contributed by atoms with Crippen LogP contribution in [0.1, 0.15) is 19.0 Å². The first-order valence-electron chi connectivity index (χ1n) is 5.38. The van der Waals surface area contributed by atoms with Gasteiger partial charge in [-0.3, -0.25) is 4.98 Å². The fraction of sp³-hybridized carbons (Fsp3) is 0.545. The Balaban J connectivity index is 2.55. The average Bonchev–Trinajstić information content (AvgIpc) is 2.28. The highest BCUT2D eigenvalue weighted by Crippen LogP contribution is 2.08. The molecule has 0 saturated carbocycles. The first-order valence-corrected chi connectivity index (χ1v) is 7.09. The summed E-state index contributed by atoms with van der Waals surface area (Å²) in [5, 5.41) is -0.360. The van der Waals surface area contributed by atoms with Crippen LogP contribution in [-0.2, 0) is 16.3 Å². The summed E-state index contributed by atoms with van der Waals surface area (Å²) in [6, 6.07) is 5.51. The van der Waals surface area contributed by atoms with Crippen molar-refractivity contribution in [1.29, 1.82) is 0 Å². The quantitative estimate of drug-likeness (QED) is 0.800. The molecular weight excluding hydrogens is 224 g/mol. The van der Waals surface area contributed by atoms with E-state index < -0.39 is 9.84 Å². The van der Waals surface area contributed by atoms with E-state index in [-0.39, 0.29) is 11.0 Å². The van der Waals surface area contributed by atoms with Crippen LogP contribution >= 0.6 is 0 Å². The molecule has 1 unspecified atom stereocenters. The Morgan fingerprint density at radius 2 is 2.19 bits per heavy atom. The predicted octanol–water partition coefficient (Wildman–Crippen LogP) is 0.776. The first kappa shape index (κ1) is 13.1. The van der Waals surface area contributed by atoms with Gasteiger partial charge in [-0.2, -0.15) is 0 Å². The number of aromatic nitrogens is 1. The van der Waals surface area contributed by atoms with E-state index in [4.69, 9.17) is 5.73 Å². The zero-order valence-corrected chi connectivity index (χ0v) is 10.3. The van der Waals surface area contributed by atoms with Gasteiger partial charge >= 0.3 is 0 Å². The van der Waals surface area contributed by atoms with E-state index in [0.717, 1.165) is 5.69 Å². The van der Waals surface area contributed by atoms with E-state index in [2.05, 4.69) is 4.98 Å². The molecule has 0 aliphatic carbocycles. The fourth-order valence-electron chi connectivity index (χ4n) is 1.41. The summed E-state index contributed by atoms with van der Waals surface area (Å²) in [5.41, 5.74) is 6.17. The maximum absolute atomic E-state index is 11.8. The topological polar surface area (TPSA) is 73.1 Å². The average molecular weight is 242 g/mol. The van der Waals surface area contributed by atoms with Gasteiger partial charge in [0.1, 0.15) is 0 Å². The largest absolute Gasteiger partial charge is 0.330 e. The molecule has 0 amide bonds. The molecule has 1 aromatic heterocycles. The van der Waals surface area contributed by atoms with Crippen molar-refractivity contribution in [2.75, 3.05) is 12.3 Å². The van der Waals surface area contributed by atoms with Crippen molar-refractivity contribution < 1.29 is 8.42 Å². The molecule has 0 radical (unpaired) electrons. The molecule has 1 atom stereocenters. The van der Waals surface area contributed by atoms with Crippen LogP contribution in [0.4, 0.5) is 0 Å². The lowest BCUT2D eigenvalue weighted by molar-refractivity contribution is 0.577. The van der Waals surface area contributed by atoms with E-state index in [0.29, 0.717) is 19.4 Å². The van der Waals surface area contributed by atoms with Gasteiger partial charge in [0, 0.05) is 18.3 Å². The summed E-state index contributed by atoms with van der Waals surface area (Å²) in [6.45, 7) is 2.12. The second kappa shape index (κ2) is 5.96. The molecule has 0 aliphatic heterocycles. The van der Waals surface area contributed by atoms with Crippen LogP contribution in [0.25, 0.3) is 0 Å². The van der Waals surface area contributed by atoms with Gasteiger partial charge in [0.25, 0.3) is 0 Å². The molecule has 2 N–H and O–H groups in total. The maximum Gasteiger partial charge on any atom is 0.153 e. The van der Waals surface area contributed by atoms with E-state index in [9.17, 15) is 8.42 Å².